The highest BCUT2D eigenvalue weighted by Gasteiger charge is 2.36. The van der Waals surface area contributed by atoms with Crippen LogP contribution in [0.15, 0.2) is 146 Å². The minimum absolute atomic E-state index is 0.118. The normalized spacial score (nSPS) is 13.5. The van der Waals surface area contributed by atoms with E-state index in [0.29, 0.717) is 0 Å². The van der Waals surface area contributed by atoms with Crippen LogP contribution in [0.4, 0.5) is 0 Å². The monoisotopic (exact) mass is 624 g/mol. The van der Waals surface area contributed by atoms with Gasteiger partial charge in [0.25, 0.3) is 0 Å². The first-order chi connectivity index (χ1) is 24.1. The molecule has 0 unspecified atom stereocenters. The van der Waals surface area contributed by atoms with Gasteiger partial charge in [0.1, 0.15) is 0 Å². The molecule has 0 aliphatic heterocycles. The van der Waals surface area contributed by atoms with Gasteiger partial charge >= 0.3 is 0 Å². The molecule has 8 aromatic rings. The van der Waals surface area contributed by atoms with Crippen molar-refractivity contribution in [1.82, 2.24) is 0 Å². The van der Waals surface area contributed by atoms with E-state index in [4.69, 9.17) is 0 Å². The van der Waals surface area contributed by atoms with Crippen LogP contribution >= 0.6 is 0 Å². The first kappa shape index (κ1) is 28.3. The van der Waals surface area contributed by atoms with E-state index in [1.807, 2.05) is 13.8 Å². The smallest absolute Gasteiger partial charge is 0.0159 e. The Bertz CT molecular complexity index is 2460. The van der Waals surface area contributed by atoms with Crippen LogP contribution in [-0.4, -0.2) is 0 Å². The molecule has 0 amide bonds. The number of fused-ring (bicyclic) bond motifs is 9. The van der Waals surface area contributed by atoms with E-state index in [1.165, 1.54) is 111 Å². The van der Waals surface area contributed by atoms with Gasteiger partial charge in [0.15, 0.2) is 0 Å². The summed E-state index contributed by atoms with van der Waals surface area (Å²) in [6.07, 6.45) is 0. The standard InChI is InChI=1S/C47H30.C2H6/c1-47(2)43-25-27(29-21-23-41-33-11-5-3-9-31(33)39-15-7-13-37(29)45(39)41)17-19-35(43)36-20-18-28(26-44(36)47)30-22-24-42-34-12-6-4-10-32(34)40-16-8-14-38(30)46(40)42;1-2/h3-26H,1-2H3;1-2H3. The summed E-state index contributed by atoms with van der Waals surface area (Å²) in [6.45, 7) is 8.80. The fourth-order valence-electron chi connectivity index (χ4n) is 9.19. The largest absolute Gasteiger partial charge is 0.0683 e. The molecule has 0 atom stereocenters. The Hall–Kier alpha value is -5.72. The van der Waals surface area contributed by atoms with Crippen molar-refractivity contribution >= 4 is 21.5 Å². The van der Waals surface area contributed by atoms with Crippen LogP contribution in [0.25, 0.3) is 99.4 Å². The SMILES string of the molecule is CC.CC1(C)c2cc(-c3ccc4c5c(cccc35)-c3ccccc3-4)ccc2-c2ccc(-c3ccc4c5c(cccc35)-c3ccccc3-4)cc21. The van der Waals surface area contributed by atoms with E-state index in [-0.39, 0.29) is 5.41 Å². The van der Waals surface area contributed by atoms with E-state index in [0.717, 1.165) is 0 Å². The number of hydrogen-bond acceptors (Lipinski definition) is 0. The minimum atomic E-state index is -0.118. The maximum Gasteiger partial charge on any atom is 0.0159 e. The lowest BCUT2D eigenvalue weighted by atomic mass is 9.80. The predicted octanol–water partition coefficient (Wildman–Crippen LogP) is 14.0. The van der Waals surface area contributed by atoms with Gasteiger partial charge in [-0.1, -0.05) is 161 Å². The van der Waals surface area contributed by atoms with Gasteiger partial charge < -0.3 is 0 Å². The molecule has 0 nitrogen and oxygen atoms in total. The molecular weight excluding hydrogens is 589 g/mol. The molecule has 0 bridgehead atoms. The maximum atomic E-state index is 2.47. The lowest BCUT2D eigenvalue weighted by Crippen LogP contribution is -2.15. The highest BCUT2D eigenvalue weighted by Crippen LogP contribution is 2.54. The van der Waals surface area contributed by atoms with Gasteiger partial charge in [-0.2, -0.15) is 0 Å². The van der Waals surface area contributed by atoms with E-state index in [1.54, 1.807) is 0 Å². The van der Waals surface area contributed by atoms with Crippen molar-refractivity contribution in [3.05, 3.63) is 157 Å². The van der Waals surface area contributed by atoms with Crippen LogP contribution < -0.4 is 0 Å². The summed E-state index contributed by atoms with van der Waals surface area (Å²) < 4.78 is 0. The number of hydrogen-bond donors (Lipinski definition) is 0. The van der Waals surface area contributed by atoms with Crippen LogP contribution in [-0.2, 0) is 5.41 Å². The van der Waals surface area contributed by atoms with Gasteiger partial charge in [0, 0.05) is 5.41 Å². The molecule has 0 fully saturated rings. The van der Waals surface area contributed by atoms with Gasteiger partial charge in [-0.25, -0.2) is 0 Å². The Morgan fingerprint density at radius 1 is 0.306 bits per heavy atom. The first-order valence-electron chi connectivity index (χ1n) is 17.7. The summed E-state index contributed by atoms with van der Waals surface area (Å²) in [5.41, 5.74) is 21.4. The molecule has 0 radical (unpaired) electrons. The molecule has 0 N–H and O–H groups in total. The molecule has 3 aliphatic carbocycles. The average molecular weight is 625 g/mol. The summed E-state index contributed by atoms with van der Waals surface area (Å²) in [5.74, 6) is 0. The molecule has 3 aliphatic rings. The lowest BCUT2D eigenvalue weighted by molar-refractivity contribution is 0.661. The second-order valence-electron chi connectivity index (χ2n) is 14.0. The second-order valence-corrected chi connectivity index (χ2v) is 14.0. The third-order valence-corrected chi connectivity index (χ3v) is 11.4. The van der Waals surface area contributed by atoms with Gasteiger partial charge in [-0.05, 0) is 123 Å². The van der Waals surface area contributed by atoms with Crippen molar-refractivity contribution in [2.45, 2.75) is 33.1 Å². The Labute approximate surface area is 288 Å². The zero-order chi connectivity index (χ0) is 33.0. The van der Waals surface area contributed by atoms with Crippen LogP contribution in [0.3, 0.4) is 0 Å². The number of benzene rings is 8. The lowest BCUT2D eigenvalue weighted by Gasteiger charge is -2.23. The molecule has 8 aromatic carbocycles. The highest BCUT2D eigenvalue weighted by atomic mass is 14.4. The minimum Gasteiger partial charge on any atom is -0.0683 e. The molecule has 0 aromatic heterocycles. The molecule has 0 saturated heterocycles. The van der Waals surface area contributed by atoms with Crippen molar-refractivity contribution in [3.63, 3.8) is 0 Å². The second kappa shape index (κ2) is 10.1. The zero-order valence-electron chi connectivity index (χ0n) is 28.4. The van der Waals surface area contributed by atoms with Crippen molar-refractivity contribution in [3.8, 4) is 77.9 Å². The molecule has 0 spiro atoms. The van der Waals surface area contributed by atoms with Gasteiger partial charge in [-0.15, -0.1) is 0 Å². The van der Waals surface area contributed by atoms with E-state index in [2.05, 4.69) is 159 Å². The average Bonchev–Trinajstić information content (AvgIpc) is 3.74. The summed E-state index contributed by atoms with van der Waals surface area (Å²) in [7, 11) is 0. The molecule has 232 valence electrons. The van der Waals surface area contributed by atoms with E-state index >= 15 is 0 Å². The quantitative estimate of drug-likeness (QED) is 0.179. The Kier molecular flexibility index (Phi) is 5.86. The third-order valence-electron chi connectivity index (χ3n) is 11.4. The third kappa shape index (κ3) is 3.69. The van der Waals surface area contributed by atoms with Crippen molar-refractivity contribution in [2.75, 3.05) is 0 Å². The number of rotatable bonds is 2. The van der Waals surface area contributed by atoms with Crippen LogP contribution in [0.2, 0.25) is 0 Å². The van der Waals surface area contributed by atoms with Gasteiger partial charge in [0.2, 0.25) is 0 Å². The summed E-state index contributed by atoms with van der Waals surface area (Å²) >= 11 is 0. The van der Waals surface area contributed by atoms with Crippen molar-refractivity contribution in [2.24, 2.45) is 0 Å². The predicted molar refractivity (Wildman–Crippen MR) is 210 cm³/mol. The fraction of sp³-hybridized carbons (Fsp3) is 0.102. The molecular formula is C49H36. The van der Waals surface area contributed by atoms with Gasteiger partial charge in [-0.3, -0.25) is 0 Å². The molecule has 11 rings (SSSR count). The topological polar surface area (TPSA) is 0 Å². The summed E-state index contributed by atoms with van der Waals surface area (Å²) in [5, 5.41) is 5.43. The van der Waals surface area contributed by atoms with Crippen molar-refractivity contribution < 1.29 is 0 Å². The molecule has 0 heteroatoms. The van der Waals surface area contributed by atoms with Crippen molar-refractivity contribution in [1.29, 1.82) is 0 Å². The molecule has 0 heterocycles. The highest BCUT2D eigenvalue weighted by molar-refractivity contribution is 6.20. The van der Waals surface area contributed by atoms with Gasteiger partial charge in [0.05, 0.1) is 0 Å². The van der Waals surface area contributed by atoms with Crippen LogP contribution in [0.5, 0.6) is 0 Å². The summed E-state index contributed by atoms with van der Waals surface area (Å²) in [6, 6.07) is 55.0. The Balaban J connectivity index is 0.00000150. The Morgan fingerprint density at radius 2 is 0.633 bits per heavy atom. The zero-order valence-corrected chi connectivity index (χ0v) is 28.4. The first-order valence-corrected chi connectivity index (χ1v) is 17.7. The Morgan fingerprint density at radius 3 is 1.04 bits per heavy atom. The van der Waals surface area contributed by atoms with Crippen LogP contribution in [0, 0.1) is 0 Å². The molecule has 49 heavy (non-hydrogen) atoms. The summed E-state index contributed by atoms with van der Waals surface area (Å²) in [4.78, 5) is 0. The maximum absolute atomic E-state index is 2.47. The fourth-order valence-corrected chi connectivity index (χ4v) is 9.19. The van der Waals surface area contributed by atoms with E-state index < -0.39 is 0 Å². The van der Waals surface area contributed by atoms with Crippen LogP contribution in [0.1, 0.15) is 38.8 Å². The molecule has 0 saturated carbocycles. The van der Waals surface area contributed by atoms with E-state index in [9.17, 15) is 0 Å².